The van der Waals surface area contributed by atoms with Gasteiger partial charge in [0.15, 0.2) is 11.6 Å². The van der Waals surface area contributed by atoms with E-state index in [-0.39, 0.29) is 12.0 Å². The van der Waals surface area contributed by atoms with Crippen molar-refractivity contribution in [2.24, 2.45) is 5.92 Å². The Hall–Kier alpha value is -1.83. The van der Waals surface area contributed by atoms with Gasteiger partial charge in [0, 0.05) is 6.54 Å². The van der Waals surface area contributed by atoms with Gasteiger partial charge in [0.25, 0.3) is 0 Å². The molecule has 1 fully saturated rings. The van der Waals surface area contributed by atoms with Crippen molar-refractivity contribution in [1.29, 1.82) is 5.26 Å². The lowest BCUT2D eigenvalue weighted by atomic mass is 9.89. The molecule has 5 heteroatoms. The van der Waals surface area contributed by atoms with Crippen LogP contribution in [0.1, 0.15) is 58.0 Å². The van der Waals surface area contributed by atoms with Crippen molar-refractivity contribution < 1.29 is 4.74 Å². The number of hydrogen-bond acceptors (Lipinski definition) is 5. The number of fused-ring (bicyclic) bond motifs is 3. The smallest absolute Gasteiger partial charge is 0.183 e. The third kappa shape index (κ3) is 2.87. The predicted octanol–water partition coefficient (Wildman–Crippen LogP) is 3.44. The second-order valence-electron chi connectivity index (χ2n) is 5.91. The van der Waals surface area contributed by atoms with Gasteiger partial charge in [-0.25, -0.2) is 9.97 Å². The Kier molecular flexibility index (Phi) is 5.23. The normalized spacial score (nSPS) is 22.7. The first-order valence-corrected chi connectivity index (χ1v) is 8.29. The standard InChI is InChI=1S/C15H20N4O.C2H6/c1-9(2)13-14-15(18-10(3)17-13)19-6-4-5-11(7-16)12(19)8-20-14;1-2/h9,11-12H,4-6,8H2,1-3H3;1-2H3. The zero-order chi connectivity index (χ0) is 16.3. The van der Waals surface area contributed by atoms with E-state index < -0.39 is 0 Å². The van der Waals surface area contributed by atoms with Gasteiger partial charge in [0.05, 0.1) is 23.7 Å². The molecule has 0 radical (unpaired) electrons. The number of anilines is 1. The van der Waals surface area contributed by atoms with Crippen molar-refractivity contribution in [1.82, 2.24) is 9.97 Å². The number of nitrogens with zero attached hydrogens (tertiary/aromatic N) is 4. The Bertz CT molecular complexity index is 565. The van der Waals surface area contributed by atoms with E-state index in [4.69, 9.17) is 4.74 Å². The third-order valence-corrected chi connectivity index (χ3v) is 4.15. The maximum absolute atomic E-state index is 9.31. The number of ether oxygens (including phenoxy) is 1. The molecule has 1 aromatic rings. The zero-order valence-corrected chi connectivity index (χ0v) is 14.3. The van der Waals surface area contributed by atoms with E-state index in [2.05, 4.69) is 34.8 Å². The lowest BCUT2D eigenvalue weighted by Gasteiger charge is -2.43. The Labute approximate surface area is 133 Å². The highest BCUT2D eigenvalue weighted by Gasteiger charge is 2.39. The van der Waals surface area contributed by atoms with Crippen LogP contribution in [0.3, 0.4) is 0 Å². The van der Waals surface area contributed by atoms with E-state index in [1.165, 1.54) is 0 Å². The number of nitriles is 1. The number of piperidine rings is 1. The van der Waals surface area contributed by atoms with Gasteiger partial charge in [-0.3, -0.25) is 0 Å². The summed E-state index contributed by atoms with van der Waals surface area (Å²) in [6, 6.07) is 2.56. The van der Waals surface area contributed by atoms with Gasteiger partial charge in [-0.05, 0) is 25.7 Å². The molecule has 0 bridgehead atoms. The summed E-state index contributed by atoms with van der Waals surface area (Å²) in [6.45, 7) is 11.7. The largest absolute Gasteiger partial charge is 0.486 e. The molecule has 2 aliphatic rings. The molecule has 120 valence electrons. The van der Waals surface area contributed by atoms with Crippen molar-refractivity contribution >= 4 is 5.82 Å². The van der Waals surface area contributed by atoms with Gasteiger partial charge in [-0.15, -0.1) is 0 Å². The summed E-state index contributed by atoms with van der Waals surface area (Å²) < 4.78 is 5.95. The molecule has 0 spiro atoms. The summed E-state index contributed by atoms with van der Waals surface area (Å²) in [5.74, 6) is 2.82. The van der Waals surface area contributed by atoms with Gasteiger partial charge in [0.2, 0.25) is 0 Å². The molecular weight excluding hydrogens is 276 g/mol. The minimum atomic E-state index is 0.0367. The van der Waals surface area contributed by atoms with Crippen LogP contribution in [0.4, 0.5) is 5.82 Å². The Morgan fingerprint density at radius 3 is 2.68 bits per heavy atom. The molecule has 22 heavy (non-hydrogen) atoms. The van der Waals surface area contributed by atoms with Crippen molar-refractivity contribution in [3.63, 3.8) is 0 Å². The zero-order valence-electron chi connectivity index (χ0n) is 14.3. The van der Waals surface area contributed by atoms with Gasteiger partial charge >= 0.3 is 0 Å². The molecule has 0 amide bonds. The van der Waals surface area contributed by atoms with Crippen molar-refractivity contribution in [2.75, 3.05) is 18.1 Å². The quantitative estimate of drug-likeness (QED) is 0.795. The Balaban J connectivity index is 0.000000847. The van der Waals surface area contributed by atoms with Gasteiger partial charge in [0.1, 0.15) is 12.4 Å². The molecule has 0 saturated carbocycles. The fourth-order valence-electron chi connectivity index (χ4n) is 3.14. The summed E-state index contributed by atoms with van der Waals surface area (Å²) in [4.78, 5) is 11.4. The molecule has 3 heterocycles. The second-order valence-corrected chi connectivity index (χ2v) is 5.91. The fourth-order valence-corrected chi connectivity index (χ4v) is 3.14. The van der Waals surface area contributed by atoms with Crippen LogP contribution in [0.25, 0.3) is 0 Å². The second kappa shape index (κ2) is 6.95. The van der Waals surface area contributed by atoms with E-state index in [9.17, 15) is 5.26 Å². The number of rotatable bonds is 1. The van der Waals surface area contributed by atoms with Crippen LogP contribution < -0.4 is 9.64 Å². The lowest BCUT2D eigenvalue weighted by molar-refractivity contribution is 0.210. The molecule has 0 N–H and O–H groups in total. The van der Waals surface area contributed by atoms with Crippen LogP contribution in [-0.2, 0) is 0 Å². The van der Waals surface area contributed by atoms with Gasteiger partial charge in [-0.2, -0.15) is 5.26 Å². The van der Waals surface area contributed by atoms with Crippen LogP contribution in [-0.4, -0.2) is 29.2 Å². The molecule has 1 saturated heterocycles. The minimum Gasteiger partial charge on any atom is -0.486 e. The van der Waals surface area contributed by atoms with E-state index in [1.807, 2.05) is 20.8 Å². The molecule has 5 nitrogen and oxygen atoms in total. The lowest BCUT2D eigenvalue weighted by Crippen LogP contribution is -2.51. The van der Waals surface area contributed by atoms with Crippen molar-refractivity contribution in [3.8, 4) is 11.8 Å². The molecule has 2 atom stereocenters. The van der Waals surface area contributed by atoms with Crippen molar-refractivity contribution in [3.05, 3.63) is 11.5 Å². The Morgan fingerprint density at radius 2 is 2.05 bits per heavy atom. The summed E-state index contributed by atoms with van der Waals surface area (Å²) in [5, 5.41) is 9.31. The number of aromatic nitrogens is 2. The SMILES string of the molecule is CC.Cc1nc(C(C)C)c2c(n1)N1CCCC(C#N)C1CO2. The number of hydrogen-bond donors (Lipinski definition) is 0. The van der Waals surface area contributed by atoms with Crippen molar-refractivity contribution in [2.45, 2.75) is 59.4 Å². The van der Waals surface area contributed by atoms with Crippen LogP contribution in [0.2, 0.25) is 0 Å². The van der Waals surface area contributed by atoms with E-state index in [1.54, 1.807) is 0 Å². The molecule has 0 aromatic carbocycles. The third-order valence-electron chi connectivity index (χ3n) is 4.15. The summed E-state index contributed by atoms with van der Waals surface area (Å²) in [5.41, 5.74) is 0.977. The number of aryl methyl sites for hydroxylation is 1. The molecule has 2 unspecified atom stereocenters. The first-order chi connectivity index (χ1) is 10.6. The molecular formula is C17H26N4O. The summed E-state index contributed by atoms with van der Waals surface area (Å²) >= 11 is 0. The maximum atomic E-state index is 9.31. The summed E-state index contributed by atoms with van der Waals surface area (Å²) in [6.07, 6.45) is 1.99. The van der Waals surface area contributed by atoms with E-state index in [0.717, 1.165) is 42.5 Å². The van der Waals surface area contributed by atoms with Crippen LogP contribution >= 0.6 is 0 Å². The molecule has 3 rings (SSSR count). The monoisotopic (exact) mass is 302 g/mol. The first kappa shape index (κ1) is 16.5. The highest BCUT2D eigenvalue weighted by atomic mass is 16.5. The predicted molar refractivity (Wildman–Crippen MR) is 87.2 cm³/mol. The van der Waals surface area contributed by atoms with Gasteiger partial charge < -0.3 is 9.64 Å². The average molecular weight is 302 g/mol. The Morgan fingerprint density at radius 1 is 1.32 bits per heavy atom. The van der Waals surface area contributed by atoms with E-state index in [0.29, 0.717) is 12.5 Å². The average Bonchev–Trinajstić information content (AvgIpc) is 2.55. The molecule has 1 aromatic heterocycles. The van der Waals surface area contributed by atoms with Crippen LogP contribution in [0, 0.1) is 24.2 Å². The van der Waals surface area contributed by atoms with Crippen LogP contribution in [0.15, 0.2) is 0 Å². The first-order valence-electron chi connectivity index (χ1n) is 8.29. The summed E-state index contributed by atoms with van der Waals surface area (Å²) in [7, 11) is 0. The van der Waals surface area contributed by atoms with E-state index >= 15 is 0 Å². The minimum absolute atomic E-state index is 0.0367. The topological polar surface area (TPSA) is 62.0 Å². The maximum Gasteiger partial charge on any atom is 0.183 e. The highest BCUT2D eigenvalue weighted by Crippen LogP contribution is 2.41. The fraction of sp³-hybridized carbons (Fsp3) is 0.706. The molecule has 2 aliphatic heterocycles. The highest BCUT2D eigenvalue weighted by molar-refractivity contribution is 5.58. The van der Waals surface area contributed by atoms with Gasteiger partial charge in [-0.1, -0.05) is 27.7 Å². The van der Waals surface area contributed by atoms with Crippen LogP contribution in [0.5, 0.6) is 5.75 Å². The molecule has 0 aliphatic carbocycles.